The average molecular weight is 441 g/mol. The van der Waals surface area contributed by atoms with Gasteiger partial charge in [0.25, 0.3) is 0 Å². The number of carbonyl (C=O) groups is 2. The average Bonchev–Trinajstić information content (AvgIpc) is 2.77. The number of hydrogen-bond donors (Lipinski definition) is 1. The summed E-state index contributed by atoms with van der Waals surface area (Å²) in [5.41, 5.74) is 3.61. The molecule has 0 spiro atoms. The first-order chi connectivity index (χ1) is 14.9. The molecule has 0 aliphatic heterocycles. The molecule has 2 rings (SSSR count). The predicted molar refractivity (Wildman–Crippen MR) is 131 cm³/mol. The van der Waals surface area contributed by atoms with Gasteiger partial charge in [-0.3, -0.25) is 9.59 Å². The maximum Gasteiger partial charge on any atom is 0.243 e. The molecule has 0 aliphatic carbocycles. The molecule has 1 N–H and O–H groups in total. The molecular weight excluding hydrogens is 404 g/mol. The highest BCUT2D eigenvalue weighted by molar-refractivity contribution is 7.99. The molecule has 0 unspecified atom stereocenters. The molecule has 4 nitrogen and oxygen atoms in total. The van der Waals surface area contributed by atoms with Crippen molar-refractivity contribution < 1.29 is 9.59 Å². The lowest BCUT2D eigenvalue weighted by Crippen LogP contribution is -2.52. The van der Waals surface area contributed by atoms with E-state index in [1.165, 1.54) is 16.7 Å². The number of rotatable bonds is 12. The third-order valence-electron chi connectivity index (χ3n) is 5.45. The molecule has 2 amide bonds. The van der Waals surface area contributed by atoms with E-state index < -0.39 is 6.04 Å². The van der Waals surface area contributed by atoms with Gasteiger partial charge >= 0.3 is 0 Å². The minimum Gasteiger partial charge on any atom is -0.352 e. The number of nitrogens with zero attached hydrogens (tertiary/aromatic N) is 1. The Morgan fingerprint density at radius 1 is 1.00 bits per heavy atom. The molecule has 2 aromatic carbocycles. The van der Waals surface area contributed by atoms with E-state index in [1.54, 1.807) is 16.7 Å². The molecule has 168 valence electrons. The smallest absolute Gasteiger partial charge is 0.243 e. The molecule has 0 aliphatic rings. The third-order valence-corrected chi connectivity index (χ3v) is 6.44. The third kappa shape index (κ3) is 8.41. The lowest BCUT2D eigenvalue weighted by Gasteiger charge is -2.31. The van der Waals surface area contributed by atoms with Gasteiger partial charge in [0, 0.05) is 18.3 Å². The lowest BCUT2D eigenvalue weighted by atomic mass is 10.1. The Labute approximate surface area is 191 Å². The first-order valence-electron chi connectivity index (χ1n) is 11.2. The molecule has 0 saturated heterocycles. The van der Waals surface area contributed by atoms with E-state index in [2.05, 4.69) is 42.6 Å². The topological polar surface area (TPSA) is 49.4 Å². The Kier molecular flexibility index (Phi) is 10.6. The van der Waals surface area contributed by atoms with Gasteiger partial charge in [-0.15, -0.1) is 11.8 Å². The molecule has 2 aromatic rings. The monoisotopic (exact) mass is 440 g/mol. The van der Waals surface area contributed by atoms with E-state index in [1.807, 2.05) is 45.0 Å². The van der Waals surface area contributed by atoms with Crippen LogP contribution in [-0.2, 0) is 21.8 Å². The number of aryl methyl sites for hydroxylation is 1. The Bertz CT molecular complexity index is 825. The molecule has 0 fully saturated rings. The van der Waals surface area contributed by atoms with Crippen molar-refractivity contribution in [3.8, 4) is 0 Å². The van der Waals surface area contributed by atoms with E-state index >= 15 is 0 Å². The summed E-state index contributed by atoms with van der Waals surface area (Å²) < 4.78 is 0. The van der Waals surface area contributed by atoms with Crippen molar-refractivity contribution in [3.63, 3.8) is 0 Å². The van der Waals surface area contributed by atoms with Crippen LogP contribution in [0.2, 0.25) is 0 Å². The molecule has 0 radical (unpaired) electrons. The molecule has 0 heterocycles. The molecule has 0 aromatic heterocycles. The molecule has 2 atom stereocenters. The van der Waals surface area contributed by atoms with Crippen LogP contribution in [0.4, 0.5) is 0 Å². The fourth-order valence-electron chi connectivity index (χ4n) is 3.48. The van der Waals surface area contributed by atoms with E-state index in [4.69, 9.17) is 0 Å². The maximum atomic E-state index is 13.2. The second kappa shape index (κ2) is 13.2. The van der Waals surface area contributed by atoms with Crippen LogP contribution >= 0.6 is 11.8 Å². The number of benzene rings is 2. The Balaban J connectivity index is 2.06. The number of carbonyl (C=O) groups excluding carboxylic acids is 2. The van der Waals surface area contributed by atoms with Crippen LogP contribution in [-0.4, -0.2) is 41.1 Å². The van der Waals surface area contributed by atoms with Gasteiger partial charge in [0.05, 0.1) is 5.75 Å². The largest absolute Gasteiger partial charge is 0.352 e. The second-order valence-electron chi connectivity index (χ2n) is 8.05. The quantitative estimate of drug-likeness (QED) is 0.506. The predicted octanol–water partition coefficient (Wildman–Crippen LogP) is 4.99. The fourth-order valence-corrected chi connectivity index (χ4v) is 4.34. The van der Waals surface area contributed by atoms with Crippen LogP contribution in [0.25, 0.3) is 0 Å². The van der Waals surface area contributed by atoms with Gasteiger partial charge in [-0.05, 0) is 44.2 Å². The van der Waals surface area contributed by atoms with Crippen molar-refractivity contribution in [3.05, 3.63) is 71.3 Å². The summed E-state index contributed by atoms with van der Waals surface area (Å²) in [4.78, 5) is 27.9. The van der Waals surface area contributed by atoms with Crippen LogP contribution in [0.1, 0.15) is 50.3 Å². The molecular formula is C26H36N2O2S. The highest BCUT2D eigenvalue weighted by Crippen LogP contribution is 2.17. The summed E-state index contributed by atoms with van der Waals surface area (Å²) >= 11 is 1.61. The Morgan fingerprint density at radius 2 is 1.71 bits per heavy atom. The number of hydrogen-bond acceptors (Lipinski definition) is 3. The zero-order valence-electron chi connectivity index (χ0n) is 19.3. The first kappa shape index (κ1) is 25.0. The van der Waals surface area contributed by atoms with Gasteiger partial charge in [-0.1, -0.05) is 74.0 Å². The van der Waals surface area contributed by atoms with Crippen molar-refractivity contribution in [2.24, 2.45) is 0 Å². The van der Waals surface area contributed by atoms with Crippen molar-refractivity contribution in [1.82, 2.24) is 10.2 Å². The number of thioether (sulfide) groups is 1. The van der Waals surface area contributed by atoms with E-state index in [0.29, 0.717) is 18.7 Å². The number of nitrogens with one attached hydrogen (secondary N) is 1. The van der Waals surface area contributed by atoms with Crippen molar-refractivity contribution in [1.29, 1.82) is 0 Å². The first-order valence-corrected chi connectivity index (χ1v) is 12.4. The summed E-state index contributed by atoms with van der Waals surface area (Å²) in [5.74, 6) is 1.13. The molecule has 0 bridgehead atoms. The van der Waals surface area contributed by atoms with Crippen molar-refractivity contribution in [2.45, 2.75) is 64.8 Å². The summed E-state index contributed by atoms with van der Waals surface area (Å²) in [7, 11) is 0. The zero-order chi connectivity index (χ0) is 22.6. The van der Waals surface area contributed by atoms with Crippen LogP contribution < -0.4 is 5.32 Å². The minimum atomic E-state index is -0.440. The highest BCUT2D eigenvalue weighted by Gasteiger charge is 2.28. The van der Waals surface area contributed by atoms with E-state index in [-0.39, 0.29) is 17.9 Å². The van der Waals surface area contributed by atoms with Gasteiger partial charge in [0.15, 0.2) is 0 Å². The summed E-state index contributed by atoms with van der Waals surface area (Å²) in [5, 5.41) is 3.06. The van der Waals surface area contributed by atoms with Gasteiger partial charge < -0.3 is 10.2 Å². The maximum absolute atomic E-state index is 13.2. The summed E-state index contributed by atoms with van der Waals surface area (Å²) in [6.07, 6.45) is 2.21. The fraction of sp³-hybridized carbons (Fsp3) is 0.462. The van der Waals surface area contributed by atoms with Crippen LogP contribution in [0.15, 0.2) is 54.6 Å². The SMILES string of the molecule is CC[C@H](C)NC(=O)[C@H](CC)N(CCc1ccccc1)C(=O)CSCc1cccc(C)c1. The summed E-state index contributed by atoms with van der Waals surface area (Å²) in [6.45, 7) is 8.64. The van der Waals surface area contributed by atoms with Gasteiger partial charge in [0.1, 0.15) is 6.04 Å². The molecule has 0 saturated carbocycles. The normalized spacial score (nSPS) is 12.8. The zero-order valence-corrected chi connectivity index (χ0v) is 20.1. The molecule has 5 heteroatoms. The van der Waals surface area contributed by atoms with Crippen molar-refractivity contribution in [2.75, 3.05) is 12.3 Å². The van der Waals surface area contributed by atoms with Crippen LogP contribution in [0.5, 0.6) is 0 Å². The van der Waals surface area contributed by atoms with Gasteiger partial charge in [-0.25, -0.2) is 0 Å². The van der Waals surface area contributed by atoms with Gasteiger partial charge in [-0.2, -0.15) is 0 Å². The van der Waals surface area contributed by atoms with Crippen LogP contribution in [0.3, 0.4) is 0 Å². The lowest BCUT2D eigenvalue weighted by molar-refractivity contribution is -0.139. The standard InChI is InChI=1S/C26H36N2O2S/c1-5-21(4)27-26(30)24(6-2)28(16-15-22-12-8-7-9-13-22)25(29)19-31-18-23-14-10-11-20(3)17-23/h7-14,17,21,24H,5-6,15-16,18-19H2,1-4H3,(H,27,30)/t21-,24-/m0/s1. The second-order valence-corrected chi connectivity index (χ2v) is 9.03. The highest BCUT2D eigenvalue weighted by atomic mass is 32.2. The number of amides is 2. The Hall–Kier alpha value is -2.27. The summed E-state index contributed by atoms with van der Waals surface area (Å²) in [6, 6.07) is 18.2. The minimum absolute atomic E-state index is 0.0275. The van der Waals surface area contributed by atoms with Crippen LogP contribution in [0, 0.1) is 6.92 Å². The van der Waals surface area contributed by atoms with E-state index in [0.717, 1.165) is 18.6 Å². The van der Waals surface area contributed by atoms with Crippen molar-refractivity contribution >= 4 is 23.6 Å². The van der Waals surface area contributed by atoms with Gasteiger partial charge in [0.2, 0.25) is 11.8 Å². The Morgan fingerprint density at radius 3 is 2.35 bits per heavy atom. The van der Waals surface area contributed by atoms with E-state index in [9.17, 15) is 9.59 Å². The molecule has 31 heavy (non-hydrogen) atoms.